The van der Waals surface area contributed by atoms with Crippen LogP contribution in [0.3, 0.4) is 0 Å². The molecular weight excluding hydrogens is 421 g/mol. The molecule has 2 amide bonds. The van der Waals surface area contributed by atoms with Crippen LogP contribution in [0.25, 0.3) is 11.4 Å². The van der Waals surface area contributed by atoms with E-state index in [-0.39, 0.29) is 12.3 Å². The van der Waals surface area contributed by atoms with Crippen molar-refractivity contribution in [3.63, 3.8) is 0 Å². The van der Waals surface area contributed by atoms with Crippen molar-refractivity contribution >= 4 is 23.4 Å². The van der Waals surface area contributed by atoms with Crippen LogP contribution in [-0.2, 0) is 29.1 Å². The maximum atomic E-state index is 14.7. The van der Waals surface area contributed by atoms with Gasteiger partial charge in [-0.2, -0.15) is 0 Å². The van der Waals surface area contributed by atoms with Gasteiger partial charge in [-0.25, -0.2) is 9.37 Å². The fourth-order valence-corrected chi connectivity index (χ4v) is 4.04. The molecule has 0 spiro atoms. The molecule has 1 atom stereocenters. The van der Waals surface area contributed by atoms with Crippen molar-refractivity contribution in [3.05, 3.63) is 40.4 Å². The van der Waals surface area contributed by atoms with Crippen molar-refractivity contribution in [3.8, 4) is 11.4 Å². The Labute approximate surface area is 186 Å². The van der Waals surface area contributed by atoms with Gasteiger partial charge < -0.3 is 20.5 Å². The highest BCUT2D eigenvalue weighted by Crippen LogP contribution is 2.29. The van der Waals surface area contributed by atoms with Gasteiger partial charge >= 0.3 is 0 Å². The van der Waals surface area contributed by atoms with E-state index in [1.165, 1.54) is 6.07 Å². The van der Waals surface area contributed by atoms with Crippen molar-refractivity contribution in [2.24, 2.45) is 11.1 Å². The second-order valence-corrected chi connectivity index (χ2v) is 9.58. The van der Waals surface area contributed by atoms with E-state index in [1.807, 2.05) is 32.4 Å². The third-order valence-electron chi connectivity index (χ3n) is 5.45. The number of hydrogen-bond donors (Lipinski definition) is 2. The van der Waals surface area contributed by atoms with Crippen molar-refractivity contribution in [1.29, 1.82) is 0 Å². The van der Waals surface area contributed by atoms with Gasteiger partial charge in [0.15, 0.2) is 0 Å². The van der Waals surface area contributed by atoms with Gasteiger partial charge in [0.2, 0.25) is 11.8 Å². The van der Waals surface area contributed by atoms with Crippen LogP contribution in [0.1, 0.15) is 38.6 Å². The first-order valence-electron chi connectivity index (χ1n) is 10.3. The fraction of sp³-hybridized carbons (Fsp3) is 0.500. The predicted molar refractivity (Wildman–Crippen MR) is 118 cm³/mol. The summed E-state index contributed by atoms with van der Waals surface area (Å²) in [6.45, 7) is 7.63. The zero-order chi connectivity index (χ0) is 22.9. The molecule has 0 saturated carbocycles. The molecule has 7 nitrogen and oxygen atoms in total. The maximum absolute atomic E-state index is 14.7. The topological polar surface area (TPSA) is 93.2 Å². The lowest BCUT2D eigenvalue weighted by Crippen LogP contribution is -2.52. The standard InChI is InChI=1S/C22H29ClFN5O2/c1-22(2,3)19(20(25)31)27-18(30)11-16-17-12-28(4)8-5-9-29(17)21(26-16)14-7-6-13(23)10-15(14)24/h6-7,10,19H,5,8-9,11-12H2,1-4H3,(H2,25,31)(H,27,30)/t19-/m1/s1. The highest BCUT2D eigenvalue weighted by Gasteiger charge is 2.32. The number of nitrogens with two attached hydrogens (primary N) is 1. The monoisotopic (exact) mass is 449 g/mol. The van der Waals surface area contributed by atoms with Crippen molar-refractivity contribution in [2.75, 3.05) is 13.6 Å². The summed E-state index contributed by atoms with van der Waals surface area (Å²) >= 11 is 5.91. The molecule has 2 aromatic rings. The summed E-state index contributed by atoms with van der Waals surface area (Å²) in [5.41, 5.74) is 6.74. The quantitative estimate of drug-likeness (QED) is 0.734. The van der Waals surface area contributed by atoms with Crippen LogP contribution >= 0.6 is 11.6 Å². The average Bonchev–Trinajstić information content (AvgIpc) is 2.83. The van der Waals surface area contributed by atoms with E-state index in [4.69, 9.17) is 17.3 Å². The largest absolute Gasteiger partial charge is 0.368 e. The van der Waals surface area contributed by atoms with Crippen LogP contribution < -0.4 is 11.1 Å². The summed E-state index contributed by atoms with van der Waals surface area (Å²) in [4.78, 5) is 31.5. The number of carbonyl (C=O) groups is 2. The lowest BCUT2D eigenvalue weighted by Gasteiger charge is -2.28. The van der Waals surface area contributed by atoms with Gasteiger partial charge in [0, 0.05) is 18.1 Å². The van der Waals surface area contributed by atoms with Crippen molar-refractivity contribution < 1.29 is 14.0 Å². The highest BCUT2D eigenvalue weighted by molar-refractivity contribution is 6.30. The van der Waals surface area contributed by atoms with E-state index >= 15 is 0 Å². The molecular formula is C22H29ClFN5O2. The maximum Gasteiger partial charge on any atom is 0.240 e. The van der Waals surface area contributed by atoms with Crippen LogP contribution in [0.15, 0.2) is 18.2 Å². The SMILES string of the molecule is CN1CCCn2c(-c3ccc(Cl)cc3F)nc(CC(=O)N[C@H](C(N)=O)C(C)(C)C)c2C1. The van der Waals surface area contributed by atoms with Gasteiger partial charge in [-0.15, -0.1) is 0 Å². The molecule has 31 heavy (non-hydrogen) atoms. The van der Waals surface area contributed by atoms with Gasteiger partial charge in [-0.3, -0.25) is 9.59 Å². The molecule has 2 heterocycles. The first kappa shape index (κ1) is 23.2. The third kappa shape index (κ3) is 5.25. The lowest BCUT2D eigenvalue weighted by molar-refractivity contribution is -0.129. The van der Waals surface area contributed by atoms with E-state index in [2.05, 4.69) is 15.2 Å². The third-order valence-corrected chi connectivity index (χ3v) is 5.69. The number of aromatic nitrogens is 2. The molecule has 1 aliphatic heterocycles. The van der Waals surface area contributed by atoms with Crippen molar-refractivity contribution in [1.82, 2.24) is 19.8 Å². The van der Waals surface area contributed by atoms with E-state index in [0.717, 1.165) is 18.7 Å². The zero-order valence-corrected chi connectivity index (χ0v) is 19.1. The highest BCUT2D eigenvalue weighted by atomic mass is 35.5. The Balaban J connectivity index is 1.98. The molecule has 9 heteroatoms. The molecule has 0 aliphatic carbocycles. The summed E-state index contributed by atoms with van der Waals surface area (Å²) in [7, 11) is 2.00. The zero-order valence-electron chi connectivity index (χ0n) is 18.3. The normalized spacial score (nSPS) is 15.8. The molecule has 0 unspecified atom stereocenters. The second-order valence-electron chi connectivity index (χ2n) is 9.14. The number of amides is 2. The summed E-state index contributed by atoms with van der Waals surface area (Å²) in [5.74, 6) is -0.928. The Morgan fingerprint density at radius 2 is 2.03 bits per heavy atom. The Bertz CT molecular complexity index is 999. The van der Waals surface area contributed by atoms with Gasteiger partial charge in [-0.05, 0) is 43.6 Å². The molecule has 0 fully saturated rings. The smallest absolute Gasteiger partial charge is 0.240 e. The number of nitrogens with zero attached hydrogens (tertiary/aromatic N) is 3. The van der Waals surface area contributed by atoms with Gasteiger partial charge in [-0.1, -0.05) is 32.4 Å². The average molecular weight is 450 g/mol. The molecule has 3 rings (SSSR count). The molecule has 1 aromatic heterocycles. The predicted octanol–water partition coefficient (Wildman–Crippen LogP) is 2.74. The van der Waals surface area contributed by atoms with E-state index in [1.54, 1.807) is 12.1 Å². The van der Waals surface area contributed by atoms with E-state index in [9.17, 15) is 14.0 Å². The number of imidazole rings is 1. The molecule has 0 radical (unpaired) electrons. The van der Waals surface area contributed by atoms with Crippen LogP contribution in [0.2, 0.25) is 5.02 Å². The first-order chi connectivity index (χ1) is 14.5. The van der Waals surface area contributed by atoms with Crippen LogP contribution in [0, 0.1) is 11.2 Å². The van der Waals surface area contributed by atoms with Gasteiger partial charge in [0.05, 0.1) is 23.4 Å². The Kier molecular flexibility index (Phi) is 6.71. The number of halogens is 2. The van der Waals surface area contributed by atoms with Gasteiger partial charge in [0.25, 0.3) is 0 Å². The van der Waals surface area contributed by atoms with E-state index < -0.39 is 23.2 Å². The number of benzene rings is 1. The minimum atomic E-state index is -0.808. The Morgan fingerprint density at radius 3 is 2.65 bits per heavy atom. The second kappa shape index (κ2) is 8.96. The summed E-state index contributed by atoms with van der Waals surface area (Å²) < 4.78 is 16.6. The number of rotatable bonds is 5. The fourth-order valence-electron chi connectivity index (χ4n) is 3.88. The van der Waals surface area contributed by atoms with Crippen LogP contribution in [0.5, 0.6) is 0 Å². The molecule has 1 aliphatic rings. The summed E-state index contributed by atoms with van der Waals surface area (Å²) in [6, 6.07) is 3.68. The van der Waals surface area contributed by atoms with Gasteiger partial charge in [0.1, 0.15) is 17.7 Å². The first-order valence-corrected chi connectivity index (χ1v) is 10.7. The minimum Gasteiger partial charge on any atom is -0.368 e. The molecule has 168 valence electrons. The molecule has 3 N–H and O–H groups in total. The van der Waals surface area contributed by atoms with Crippen LogP contribution in [-0.4, -0.2) is 45.9 Å². The molecule has 0 saturated heterocycles. The Morgan fingerprint density at radius 1 is 1.32 bits per heavy atom. The van der Waals surface area contributed by atoms with Crippen LogP contribution in [0.4, 0.5) is 4.39 Å². The summed E-state index contributed by atoms with van der Waals surface area (Å²) in [6.07, 6.45) is 0.847. The lowest BCUT2D eigenvalue weighted by atomic mass is 9.86. The minimum absolute atomic E-state index is 0.0295. The number of primary amides is 1. The molecule has 0 bridgehead atoms. The number of nitrogens with one attached hydrogen (secondary N) is 1. The number of fused-ring (bicyclic) bond motifs is 1. The molecule has 1 aromatic carbocycles. The summed E-state index contributed by atoms with van der Waals surface area (Å²) in [5, 5.41) is 3.05. The van der Waals surface area contributed by atoms with Crippen molar-refractivity contribution in [2.45, 2.75) is 52.7 Å². The Hall–Kier alpha value is -2.45. The number of carbonyl (C=O) groups excluding carboxylic acids is 2. The van der Waals surface area contributed by atoms with E-state index in [0.29, 0.717) is 35.2 Å². The number of hydrogen-bond acceptors (Lipinski definition) is 4.